The van der Waals surface area contributed by atoms with Gasteiger partial charge in [-0.2, -0.15) is 0 Å². The summed E-state index contributed by atoms with van der Waals surface area (Å²) in [5, 5.41) is 0. The van der Waals surface area contributed by atoms with Gasteiger partial charge in [0.15, 0.2) is 0 Å². The Labute approximate surface area is 111 Å². The van der Waals surface area contributed by atoms with Crippen LogP contribution in [0.25, 0.3) is 0 Å². The van der Waals surface area contributed by atoms with Gasteiger partial charge in [-0.15, -0.1) is 0 Å². The van der Waals surface area contributed by atoms with Gasteiger partial charge in [0, 0.05) is 18.8 Å². The van der Waals surface area contributed by atoms with Crippen LogP contribution in [0.5, 0.6) is 0 Å². The van der Waals surface area contributed by atoms with E-state index in [2.05, 4.69) is 56.9 Å². The minimum absolute atomic E-state index is 0.309. The van der Waals surface area contributed by atoms with E-state index < -0.39 is 0 Å². The van der Waals surface area contributed by atoms with Crippen LogP contribution in [0, 0.1) is 5.41 Å². The SMILES string of the molecule is CC(c1cccc(N2CCOCC2)c1)C(C)(C)C. The van der Waals surface area contributed by atoms with Crippen molar-refractivity contribution in [1.82, 2.24) is 0 Å². The van der Waals surface area contributed by atoms with Crippen LogP contribution in [0.3, 0.4) is 0 Å². The molecule has 0 saturated carbocycles. The highest BCUT2D eigenvalue weighted by Gasteiger charge is 2.22. The zero-order valence-corrected chi connectivity index (χ0v) is 12.1. The van der Waals surface area contributed by atoms with Crippen molar-refractivity contribution in [2.75, 3.05) is 31.2 Å². The first-order valence-electron chi connectivity index (χ1n) is 6.91. The molecule has 1 aromatic rings. The lowest BCUT2D eigenvalue weighted by atomic mass is 9.78. The van der Waals surface area contributed by atoms with Gasteiger partial charge in [0.1, 0.15) is 0 Å². The molecule has 1 aromatic carbocycles. The number of hydrogen-bond donors (Lipinski definition) is 0. The molecule has 0 bridgehead atoms. The van der Waals surface area contributed by atoms with Crippen molar-refractivity contribution in [1.29, 1.82) is 0 Å². The van der Waals surface area contributed by atoms with Gasteiger partial charge in [-0.25, -0.2) is 0 Å². The Morgan fingerprint density at radius 3 is 2.44 bits per heavy atom. The van der Waals surface area contributed by atoms with Gasteiger partial charge in [-0.05, 0) is 29.0 Å². The van der Waals surface area contributed by atoms with E-state index in [9.17, 15) is 0 Å². The summed E-state index contributed by atoms with van der Waals surface area (Å²) in [4.78, 5) is 2.42. The quantitative estimate of drug-likeness (QED) is 0.790. The second kappa shape index (κ2) is 5.31. The molecule has 0 amide bonds. The number of ether oxygens (including phenoxy) is 1. The lowest BCUT2D eigenvalue weighted by Gasteiger charge is -2.31. The minimum Gasteiger partial charge on any atom is -0.378 e. The van der Waals surface area contributed by atoms with E-state index in [1.807, 2.05) is 0 Å². The fourth-order valence-electron chi connectivity index (χ4n) is 2.31. The van der Waals surface area contributed by atoms with Crippen molar-refractivity contribution in [3.63, 3.8) is 0 Å². The number of nitrogens with zero attached hydrogens (tertiary/aromatic N) is 1. The molecule has 100 valence electrons. The van der Waals surface area contributed by atoms with E-state index in [0.29, 0.717) is 11.3 Å². The van der Waals surface area contributed by atoms with Gasteiger partial charge in [0.2, 0.25) is 0 Å². The molecule has 2 heteroatoms. The fraction of sp³-hybridized carbons (Fsp3) is 0.625. The van der Waals surface area contributed by atoms with E-state index in [1.54, 1.807) is 0 Å². The summed E-state index contributed by atoms with van der Waals surface area (Å²) in [7, 11) is 0. The van der Waals surface area contributed by atoms with Gasteiger partial charge in [-0.3, -0.25) is 0 Å². The van der Waals surface area contributed by atoms with Gasteiger partial charge in [0.05, 0.1) is 13.2 Å². The maximum atomic E-state index is 5.41. The number of rotatable bonds is 2. The molecule has 0 N–H and O–H groups in total. The normalized spacial score (nSPS) is 18.8. The predicted octanol–water partition coefficient (Wildman–Crippen LogP) is 3.67. The van der Waals surface area contributed by atoms with Crippen LogP contribution in [0.1, 0.15) is 39.2 Å². The van der Waals surface area contributed by atoms with Crippen molar-refractivity contribution in [3.8, 4) is 0 Å². The summed E-state index contributed by atoms with van der Waals surface area (Å²) in [5.74, 6) is 0.568. The molecule has 0 spiro atoms. The first kappa shape index (κ1) is 13.4. The molecule has 1 heterocycles. The first-order valence-corrected chi connectivity index (χ1v) is 6.91. The molecule has 1 atom stereocenters. The largest absolute Gasteiger partial charge is 0.378 e. The van der Waals surface area contributed by atoms with Gasteiger partial charge in [-0.1, -0.05) is 39.8 Å². The second-order valence-corrected chi connectivity index (χ2v) is 6.28. The Hall–Kier alpha value is -1.02. The smallest absolute Gasteiger partial charge is 0.0642 e. The van der Waals surface area contributed by atoms with Crippen molar-refractivity contribution in [3.05, 3.63) is 29.8 Å². The maximum Gasteiger partial charge on any atom is 0.0642 e. The highest BCUT2D eigenvalue weighted by Crippen LogP contribution is 2.35. The van der Waals surface area contributed by atoms with Crippen LogP contribution in [0.15, 0.2) is 24.3 Å². The summed E-state index contributed by atoms with van der Waals surface area (Å²) >= 11 is 0. The molecular weight excluding hydrogens is 222 g/mol. The van der Waals surface area contributed by atoms with Crippen molar-refractivity contribution in [2.24, 2.45) is 5.41 Å². The standard InChI is InChI=1S/C16H25NO/c1-13(16(2,3)4)14-6-5-7-15(12-14)17-8-10-18-11-9-17/h5-7,12-13H,8-11H2,1-4H3. The number of anilines is 1. The van der Waals surface area contributed by atoms with Gasteiger partial charge >= 0.3 is 0 Å². The lowest BCUT2D eigenvalue weighted by molar-refractivity contribution is 0.122. The van der Waals surface area contributed by atoms with E-state index in [1.165, 1.54) is 11.3 Å². The molecule has 0 aromatic heterocycles. The third-order valence-electron chi connectivity index (χ3n) is 4.05. The number of hydrogen-bond acceptors (Lipinski definition) is 2. The third kappa shape index (κ3) is 3.05. The van der Waals surface area contributed by atoms with Crippen LogP contribution in [-0.4, -0.2) is 26.3 Å². The van der Waals surface area contributed by atoms with Crippen molar-refractivity contribution in [2.45, 2.75) is 33.6 Å². The van der Waals surface area contributed by atoms with Crippen LogP contribution in [-0.2, 0) is 4.74 Å². The monoisotopic (exact) mass is 247 g/mol. The Kier molecular flexibility index (Phi) is 3.96. The van der Waals surface area contributed by atoms with Crippen LogP contribution < -0.4 is 4.90 Å². The molecule has 1 fully saturated rings. The topological polar surface area (TPSA) is 12.5 Å². The Morgan fingerprint density at radius 1 is 1.17 bits per heavy atom. The Bertz CT molecular complexity index is 388. The summed E-state index contributed by atoms with van der Waals surface area (Å²) < 4.78 is 5.41. The van der Waals surface area contributed by atoms with Crippen LogP contribution in [0.4, 0.5) is 5.69 Å². The molecular formula is C16H25NO. The van der Waals surface area contributed by atoms with Gasteiger partial charge in [0.25, 0.3) is 0 Å². The molecule has 2 nitrogen and oxygen atoms in total. The number of benzene rings is 1. The second-order valence-electron chi connectivity index (χ2n) is 6.28. The molecule has 1 aliphatic heterocycles. The average Bonchev–Trinajstić information content (AvgIpc) is 2.38. The van der Waals surface area contributed by atoms with Crippen molar-refractivity contribution < 1.29 is 4.74 Å². The molecule has 1 unspecified atom stereocenters. The molecule has 18 heavy (non-hydrogen) atoms. The Morgan fingerprint density at radius 2 is 1.83 bits per heavy atom. The summed E-state index contributed by atoms with van der Waals surface area (Å²) in [6.07, 6.45) is 0. The zero-order valence-electron chi connectivity index (χ0n) is 12.1. The number of morpholine rings is 1. The van der Waals surface area contributed by atoms with Crippen molar-refractivity contribution >= 4 is 5.69 Å². The molecule has 1 aliphatic rings. The lowest BCUT2D eigenvalue weighted by Crippen LogP contribution is -2.36. The van der Waals surface area contributed by atoms with Crippen LogP contribution >= 0.6 is 0 Å². The summed E-state index contributed by atoms with van der Waals surface area (Å²) in [5.41, 5.74) is 3.09. The average molecular weight is 247 g/mol. The zero-order chi connectivity index (χ0) is 13.2. The molecule has 0 radical (unpaired) electrons. The minimum atomic E-state index is 0.309. The molecule has 0 aliphatic carbocycles. The first-order chi connectivity index (χ1) is 8.48. The van der Waals surface area contributed by atoms with Crippen LogP contribution in [0.2, 0.25) is 0 Å². The highest BCUT2D eigenvalue weighted by molar-refractivity contribution is 5.49. The molecule has 1 saturated heterocycles. The molecule has 2 rings (SSSR count). The third-order valence-corrected chi connectivity index (χ3v) is 4.05. The summed E-state index contributed by atoms with van der Waals surface area (Å²) in [6.45, 7) is 12.9. The predicted molar refractivity (Wildman–Crippen MR) is 77.3 cm³/mol. The summed E-state index contributed by atoms with van der Waals surface area (Å²) in [6, 6.07) is 8.99. The maximum absolute atomic E-state index is 5.41. The van der Waals surface area contributed by atoms with E-state index in [-0.39, 0.29) is 0 Å². The highest BCUT2D eigenvalue weighted by atomic mass is 16.5. The van der Waals surface area contributed by atoms with E-state index in [0.717, 1.165) is 26.3 Å². The van der Waals surface area contributed by atoms with E-state index in [4.69, 9.17) is 4.74 Å². The van der Waals surface area contributed by atoms with E-state index >= 15 is 0 Å². The fourth-order valence-corrected chi connectivity index (χ4v) is 2.31. The Balaban J connectivity index is 2.19. The van der Waals surface area contributed by atoms with Gasteiger partial charge < -0.3 is 9.64 Å².